The summed E-state index contributed by atoms with van der Waals surface area (Å²) in [6.07, 6.45) is 1.92. The van der Waals surface area contributed by atoms with Crippen molar-refractivity contribution in [3.05, 3.63) is 53.2 Å². The summed E-state index contributed by atoms with van der Waals surface area (Å²) in [6, 6.07) is 6.27. The van der Waals surface area contributed by atoms with E-state index in [1.54, 1.807) is 27.7 Å². The molecule has 10 heteroatoms. The topological polar surface area (TPSA) is 149 Å². The molecule has 5 N–H and O–H groups in total. The van der Waals surface area contributed by atoms with Crippen LogP contribution in [0.1, 0.15) is 74.7 Å². The number of carbonyl (C=O) groups is 3. The number of ether oxygens (including phenoxy) is 1. The van der Waals surface area contributed by atoms with Gasteiger partial charge in [0.1, 0.15) is 17.5 Å². The first-order chi connectivity index (χ1) is 16.8. The normalized spacial score (nSPS) is 13.4. The first kappa shape index (κ1) is 26.8. The van der Waals surface area contributed by atoms with Crippen LogP contribution in [0.2, 0.25) is 0 Å². The number of rotatable bonds is 9. The summed E-state index contributed by atoms with van der Waals surface area (Å²) in [5.41, 5.74) is 1.46. The van der Waals surface area contributed by atoms with Crippen molar-refractivity contribution in [2.45, 2.75) is 72.1 Å². The molecule has 3 rings (SSSR count). The van der Waals surface area contributed by atoms with Crippen LogP contribution < -0.4 is 10.6 Å². The molecule has 1 aromatic carbocycles. The number of aromatic carboxylic acids is 1. The highest BCUT2D eigenvalue weighted by molar-refractivity contribution is 5.88. The molecule has 0 aliphatic heterocycles. The number of hydrogen-bond donors (Lipinski definition) is 5. The maximum atomic E-state index is 13.4. The highest BCUT2D eigenvalue weighted by Crippen LogP contribution is 2.25. The van der Waals surface area contributed by atoms with Crippen molar-refractivity contribution in [3.8, 4) is 0 Å². The third-order valence-corrected chi connectivity index (χ3v) is 5.57. The molecule has 0 fully saturated rings. The molecule has 0 aliphatic carbocycles. The van der Waals surface area contributed by atoms with E-state index in [0.717, 1.165) is 16.5 Å². The number of hydrogen-bond acceptors (Lipinski definition) is 5. The second kappa shape index (κ2) is 10.8. The molecule has 10 nitrogen and oxygen atoms in total. The first-order valence-electron chi connectivity index (χ1n) is 12.0. The number of nitrogens with zero attached hydrogens (tertiary/aromatic N) is 1. The van der Waals surface area contributed by atoms with Gasteiger partial charge in [0.25, 0.3) is 0 Å². The van der Waals surface area contributed by atoms with Gasteiger partial charge < -0.3 is 30.4 Å². The van der Waals surface area contributed by atoms with Gasteiger partial charge in [-0.3, -0.25) is 4.79 Å². The minimum Gasteiger partial charge on any atom is -0.476 e. The van der Waals surface area contributed by atoms with Gasteiger partial charge >= 0.3 is 12.1 Å². The van der Waals surface area contributed by atoms with Gasteiger partial charge in [-0.1, -0.05) is 32.0 Å². The summed E-state index contributed by atoms with van der Waals surface area (Å²) in [5.74, 6) is -1.13. The summed E-state index contributed by atoms with van der Waals surface area (Å²) < 4.78 is 5.35. The molecule has 0 spiro atoms. The van der Waals surface area contributed by atoms with Gasteiger partial charge in [0.15, 0.2) is 5.69 Å². The number of fused-ring (bicyclic) bond motifs is 1. The van der Waals surface area contributed by atoms with Crippen LogP contribution in [-0.4, -0.2) is 49.7 Å². The monoisotopic (exact) mass is 497 g/mol. The number of nitrogens with one attached hydrogen (secondary N) is 4. The van der Waals surface area contributed by atoms with E-state index in [4.69, 9.17) is 4.74 Å². The van der Waals surface area contributed by atoms with Gasteiger partial charge in [-0.2, -0.15) is 0 Å². The number of imidazole rings is 1. The summed E-state index contributed by atoms with van der Waals surface area (Å²) >= 11 is 0. The van der Waals surface area contributed by atoms with Crippen molar-refractivity contribution in [1.29, 1.82) is 0 Å². The van der Waals surface area contributed by atoms with Crippen molar-refractivity contribution in [3.63, 3.8) is 0 Å². The predicted molar refractivity (Wildman–Crippen MR) is 136 cm³/mol. The van der Waals surface area contributed by atoms with Gasteiger partial charge in [0, 0.05) is 29.2 Å². The molecule has 36 heavy (non-hydrogen) atoms. The number of carboxylic acids is 1. The van der Waals surface area contributed by atoms with Crippen molar-refractivity contribution in [2.75, 3.05) is 0 Å². The Bertz CT molecular complexity index is 1240. The van der Waals surface area contributed by atoms with Crippen LogP contribution >= 0.6 is 0 Å². The molecular weight excluding hydrogens is 462 g/mol. The fourth-order valence-corrected chi connectivity index (χ4v) is 4.02. The Morgan fingerprint density at radius 1 is 1.14 bits per heavy atom. The molecule has 2 atom stereocenters. The number of para-hydroxylation sites is 1. The Balaban J connectivity index is 1.91. The number of carbonyl (C=O) groups excluding carboxylic acids is 2. The molecule has 2 aromatic heterocycles. The zero-order valence-corrected chi connectivity index (χ0v) is 21.6. The van der Waals surface area contributed by atoms with Crippen LogP contribution in [0.4, 0.5) is 4.79 Å². The van der Waals surface area contributed by atoms with E-state index in [9.17, 15) is 19.5 Å². The highest BCUT2D eigenvalue weighted by atomic mass is 16.6. The number of aromatic amines is 2. The standard InChI is InChI=1S/C26H35N5O5/c1-14(2)11-20(30-25(35)36-26(4,5)6)23(32)29-19(22-28-15(3)21(31-22)24(33)34)12-16-13-27-18-10-8-7-9-17(16)18/h7-10,13-14,19-20,27H,11-12H2,1-6H3,(H,28,31)(H,29,32)(H,30,35)(H,33,34)/t19-,20?/m1/s1. The number of H-pyrrole nitrogens is 2. The van der Waals surface area contributed by atoms with Crippen molar-refractivity contribution in [1.82, 2.24) is 25.6 Å². The van der Waals surface area contributed by atoms with Crippen LogP contribution in [-0.2, 0) is 16.0 Å². The van der Waals surface area contributed by atoms with E-state index in [-0.39, 0.29) is 11.6 Å². The first-order valence-corrected chi connectivity index (χ1v) is 12.0. The van der Waals surface area contributed by atoms with Crippen molar-refractivity contribution >= 4 is 28.9 Å². The maximum absolute atomic E-state index is 13.4. The van der Waals surface area contributed by atoms with E-state index in [1.807, 2.05) is 44.3 Å². The number of aromatic nitrogens is 3. The Morgan fingerprint density at radius 3 is 2.44 bits per heavy atom. The van der Waals surface area contributed by atoms with E-state index < -0.39 is 35.7 Å². The summed E-state index contributed by atoms with van der Waals surface area (Å²) in [6.45, 7) is 10.8. The number of carboxylic acid groups (broad SMARTS) is 1. The Kier molecular flexibility index (Phi) is 8.07. The molecule has 0 aliphatic rings. The smallest absolute Gasteiger partial charge is 0.408 e. The lowest BCUT2D eigenvalue weighted by molar-refractivity contribution is -0.124. The molecule has 0 radical (unpaired) electrons. The molecule has 1 unspecified atom stereocenters. The fourth-order valence-electron chi connectivity index (χ4n) is 4.02. The van der Waals surface area contributed by atoms with Crippen LogP contribution in [0.25, 0.3) is 10.9 Å². The number of amides is 2. The SMILES string of the molecule is Cc1[nH]c([C@@H](Cc2c[nH]c3ccccc23)NC(=O)C(CC(C)C)NC(=O)OC(C)(C)C)nc1C(=O)O. The van der Waals surface area contributed by atoms with Gasteiger partial charge in [0.2, 0.25) is 5.91 Å². The van der Waals surface area contributed by atoms with Crippen molar-refractivity contribution < 1.29 is 24.2 Å². The minimum atomic E-state index is -1.16. The molecule has 0 saturated carbocycles. The summed E-state index contributed by atoms with van der Waals surface area (Å²) in [4.78, 5) is 48.0. The van der Waals surface area contributed by atoms with Crippen molar-refractivity contribution in [2.24, 2.45) is 5.92 Å². The van der Waals surface area contributed by atoms with E-state index in [1.165, 1.54) is 0 Å². The quantitative estimate of drug-likeness (QED) is 0.299. The number of alkyl carbamates (subject to hydrolysis) is 1. The Labute approximate surface area is 210 Å². The van der Waals surface area contributed by atoms with E-state index in [2.05, 4.69) is 25.6 Å². The van der Waals surface area contributed by atoms with Crippen LogP contribution in [0.5, 0.6) is 0 Å². The van der Waals surface area contributed by atoms with Gasteiger partial charge in [-0.25, -0.2) is 14.6 Å². The highest BCUT2D eigenvalue weighted by Gasteiger charge is 2.29. The third-order valence-electron chi connectivity index (χ3n) is 5.57. The van der Waals surface area contributed by atoms with Gasteiger partial charge in [-0.05, 0) is 51.7 Å². The Morgan fingerprint density at radius 2 is 1.83 bits per heavy atom. The molecule has 194 valence electrons. The number of benzene rings is 1. The average molecular weight is 498 g/mol. The summed E-state index contributed by atoms with van der Waals surface area (Å²) in [5, 5.41) is 16.1. The lowest BCUT2D eigenvalue weighted by atomic mass is 10.0. The molecule has 2 amide bonds. The van der Waals surface area contributed by atoms with Gasteiger partial charge in [-0.15, -0.1) is 0 Å². The Hall–Kier alpha value is -3.82. The minimum absolute atomic E-state index is 0.103. The molecule has 3 aromatic rings. The zero-order valence-electron chi connectivity index (χ0n) is 21.6. The fraction of sp³-hybridized carbons (Fsp3) is 0.462. The molecule has 2 heterocycles. The predicted octanol–water partition coefficient (Wildman–Crippen LogP) is 4.24. The number of aryl methyl sites for hydroxylation is 1. The average Bonchev–Trinajstić information content (AvgIpc) is 3.34. The van der Waals surface area contributed by atoms with Crippen LogP contribution in [0, 0.1) is 12.8 Å². The summed E-state index contributed by atoms with van der Waals surface area (Å²) in [7, 11) is 0. The van der Waals surface area contributed by atoms with E-state index in [0.29, 0.717) is 24.4 Å². The zero-order chi connectivity index (χ0) is 26.6. The molecular formula is C26H35N5O5. The van der Waals surface area contributed by atoms with Crippen LogP contribution in [0.15, 0.2) is 30.5 Å². The largest absolute Gasteiger partial charge is 0.476 e. The lowest BCUT2D eigenvalue weighted by Crippen LogP contribution is -2.49. The molecule has 0 bridgehead atoms. The second-order valence-corrected chi connectivity index (χ2v) is 10.4. The van der Waals surface area contributed by atoms with E-state index >= 15 is 0 Å². The lowest BCUT2D eigenvalue weighted by Gasteiger charge is -2.26. The molecule has 0 saturated heterocycles. The van der Waals surface area contributed by atoms with Gasteiger partial charge in [0.05, 0.1) is 6.04 Å². The van der Waals surface area contributed by atoms with Crippen LogP contribution in [0.3, 0.4) is 0 Å². The maximum Gasteiger partial charge on any atom is 0.408 e. The third kappa shape index (κ3) is 6.87. The second-order valence-electron chi connectivity index (χ2n) is 10.4.